The zero-order valence-electron chi connectivity index (χ0n) is 13.0. The fourth-order valence-electron chi connectivity index (χ4n) is 3.24. The summed E-state index contributed by atoms with van der Waals surface area (Å²) in [7, 11) is 0. The fourth-order valence-corrected chi connectivity index (χ4v) is 3.45. The van der Waals surface area contributed by atoms with E-state index in [4.69, 9.17) is 16.3 Å². The zero-order chi connectivity index (χ0) is 16.2. The smallest absolute Gasteiger partial charge is 0.245 e. The molecule has 2 fully saturated rings. The lowest BCUT2D eigenvalue weighted by molar-refractivity contribution is -0.146. The Morgan fingerprint density at radius 1 is 1.22 bits per heavy atom. The number of hydrogen-bond donors (Lipinski definition) is 0. The maximum atomic E-state index is 12.7. The first-order chi connectivity index (χ1) is 11.1. The number of nitrogens with zero attached hydrogens (tertiary/aromatic N) is 2. The summed E-state index contributed by atoms with van der Waals surface area (Å²) in [5, 5.41) is 0.623. The van der Waals surface area contributed by atoms with Crippen LogP contribution in [0.1, 0.15) is 18.4 Å². The monoisotopic (exact) mass is 336 g/mol. The number of amides is 2. The molecular weight excluding hydrogens is 316 g/mol. The van der Waals surface area contributed by atoms with Crippen molar-refractivity contribution < 1.29 is 14.3 Å². The minimum absolute atomic E-state index is 0.00336. The molecule has 2 saturated heterocycles. The van der Waals surface area contributed by atoms with Crippen molar-refractivity contribution in [2.45, 2.75) is 25.3 Å². The van der Waals surface area contributed by atoms with Gasteiger partial charge in [0, 0.05) is 24.7 Å². The molecule has 0 aliphatic carbocycles. The number of benzene rings is 1. The third-order valence-electron chi connectivity index (χ3n) is 4.43. The van der Waals surface area contributed by atoms with E-state index in [9.17, 15) is 9.59 Å². The average molecular weight is 337 g/mol. The Hall–Kier alpha value is -1.59. The van der Waals surface area contributed by atoms with Crippen LogP contribution >= 0.6 is 11.6 Å². The van der Waals surface area contributed by atoms with E-state index in [0.717, 1.165) is 18.4 Å². The largest absolute Gasteiger partial charge is 0.378 e. The first-order valence-electron chi connectivity index (χ1n) is 8.05. The lowest BCUT2D eigenvalue weighted by atomic mass is 10.1. The Morgan fingerprint density at radius 2 is 2.00 bits per heavy atom. The lowest BCUT2D eigenvalue weighted by Crippen LogP contribution is -2.51. The third-order valence-corrected chi connectivity index (χ3v) is 4.66. The van der Waals surface area contributed by atoms with Crippen molar-refractivity contribution in [3.8, 4) is 0 Å². The Morgan fingerprint density at radius 3 is 2.74 bits per heavy atom. The van der Waals surface area contributed by atoms with Gasteiger partial charge in [-0.1, -0.05) is 23.7 Å². The van der Waals surface area contributed by atoms with Gasteiger partial charge in [0.15, 0.2) is 0 Å². The van der Waals surface area contributed by atoms with Crippen LogP contribution < -0.4 is 0 Å². The molecule has 0 aromatic heterocycles. The molecule has 3 rings (SSSR count). The number of carbonyl (C=O) groups excluding carboxylic acids is 2. The molecule has 0 spiro atoms. The van der Waals surface area contributed by atoms with Gasteiger partial charge in [0.05, 0.1) is 19.6 Å². The van der Waals surface area contributed by atoms with Gasteiger partial charge in [0.25, 0.3) is 0 Å². The predicted octanol–water partition coefficient (Wildman–Crippen LogP) is 1.73. The maximum Gasteiger partial charge on any atom is 0.245 e. The second-order valence-electron chi connectivity index (χ2n) is 5.99. The molecule has 0 bridgehead atoms. The molecule has 124 valence electrons. The van der Waals surface area contributed by atoms with E-state index in [2.05, 4.69) is 0 Å². The SMILES string of the molecule is O=C([C@@H]1CCCN1C(=O)Cc1cccc(Cl)c1)N1CCOCC1. The summed E-state index contributed by atoms with van der Waals surface area (Å²) in [6, 6.07) is 6.99. The third kappa shape index (κ3) is 3.85. The number of rotatable bonds is 3. The molecule has 23 heavy (non-hydrogen) atoms. The van der Waals surface area contributed by atoms with Gasteiger partial charge in [-0.05, 0) is 30.5 Å². The van der Waals surface area contributed by atoms with Gasteiger partial charge in [-0.2, -0.15) is 0 Å². The van der Waals surface area contributed by atoms with Crippen LogP contribution in [0.5, 0.6) is 0 Å². The number of ether oxygens (including phenoxy) is 1. The van der Waals surface area contributed by atoms with Crippen LogP contribution in [-0.4, -0.2) is 60.5 Å². The highest BCUT2D eigenvalue weighted by Crippen LogP contribution is 2.22. The molecule has 6 heteroatoms. The highest BCUT2D eigenvalue weighted by atomic mass is 35.5. The van der Waals surface area contributed by atoms with E-state index < -0.39 is 0 Å². The van der Waals surface area contributed by atoms with Crippen molar-refractivity contribution in [2.75, 3.05) is 32.8 Å². The van der Waals surface area contributed by atoms with Gasteiger partial charge in [0.2, 0.25) is 11.8 Å². The maximum absolute atomic E-state index is 12.7. The number of morpholine rings is 1. The van der Waals surface area contributed by atoms with Gasteiger partial charge >= 0.3 is 0 Å². The van der Waals surface area contributed by atoms with Gasteiger partial charge in [-0.15, -0.1) is 0 Å². The summed E-state index contributed by atoms with van der Waals surface area (Å²) in [5.41, 5.74) is 0.881. The molecule has 1 atom stereocenters. The standard InChI is InChI=1S/C17H21ClN2O3/c18-14-4-1-3-13(11-14)12-16(21)20-6-2-5-15(20)17(22)19-7-9-23-10-8-19/h1,3-4,11,15H,2,5-10,12H2/t15-/m0/s1. The molecule has 0 saturated carbocycles. The number of halogens is 1. The minimum atomic E-state index is -0.320. The van der Waals surface area contributed by atoms with Crippen LogP contribution in [0, 0.1) is 0 Å². The molecule has 2 aliphatic rings. The van der Waals surface area contributed by atoms with Crippen LogP contribution in [-0.2, 0) is 20.7 Å². The highest BCUT2D eigenvalue weighted by molar-refractivity contribution is 6.30. The summed E-state index contributed by atoms with van der Waals surface area (Å²) in [5.74, 6) is 0.0571. The molecule has 0 radical (unpaired) electrons. The average Bonchev–Trinajstić information content (AvgIpc) is 3.05. The van der Waals surface area contributed by atoms with Gasteiger partial charge < -0.3 is 14.5 Å². The van der Waals surface area contributed by atoms with Crippen LogP contribution in [0.3, 0.4) is 0 Å². The first-order valence-corrected chi connectivity index (χ1v) is 8.43. The second kappa shape index (κ2) is 7.32. The molecule has 0 N–H and O–H groups in total. The van der Waals surface area contributed by atoms with Crippen LogP contribution in [0.25, 0.3) is 0 Å². The van der Waals surface area contributed by atoms with E-state index in [1.54, 1.807) is 17.0 Å². The van der Waals surface area contributed by atoms with Crippen molar-refractivity contribution in [1.29, 1.82) is 0 Å². The first kappa shape index (κ1) is 16.3. The van der Waals surface area contributed by atoms with Gasteiger partial charge in [-0.25, -0.2) is 0 Å². The topological polar surface area (TPSA) is 49.9 Å². The predicted molar refractivity (Wildman–Crippen MR) is 87.3 cm³/mol. The molecule has 5 nitrogen and oxygen atoms in total. The fraction of sp³-hybridized carbons (Fsp3) is 0.529. The molecular formula is C17H21ClN2O3. The van der Waals surface area contributed by atoms with E-state index in [1.807, 2.05) is 17.0 Å². The van der Waals surface area contributed by atoms with Crippen molar-refractivity contribution in [3.63, 3.8) is 0 Å². The lowest BCUT2D eigenvalue weighted by Gasteiger charge is -2.32. The Labute approximate surface area is 141 Å². The van der Waals surface area contributed by atoms with Crippen molar-refractivity contribution in [1.82, 2.24) is 9.80 Å². The Bertz CT molecular complexity index is 587. The van der Waals surface area contributed by atoms with Crippen molar-refractivity contribution in [2.24, 2.45) is 0 Å². The summed E-state index contributed by atoms with van der Waals surface area (Å²) in [6.07, 6.45) is 1.91. The summed E-state index contributed by atoms with van der Waals surface area (Å²) in [4.78, 5) is 28.8. The summed E-state index contributed by atoms with van der Waals surface area (Å²) >= 11 is 5.97. The van der Waals surface area contributed by atoms with Gasteiger partial charge in [0.1, 0.15) is 6.04 Å². The van der Waals surface area contributed by atoms with Crippen LogP contribution in [0.4, 0.5) is 0 Å². The van der Waals surface area contributed by atoms with Gasteiger partial charge in [-0.3, -0.25) is 9.59 Å². The Balaban J connectivity index is 1.65. The molecule has 2 aliphatic heterocycles. The van der Waals surface area contributed by atoms with Crippen LogP contribution in [0.15, 0.2) is 24.3 Å². The highest BCUT2D eigenvalue weighted by Gasteiger charge is 2.36. The molecule has 2 heterocycles. The number of likely N-dealkylation sites (tertiary alicyclic amines) is 1. The summed E-state index contributed by atoms with van der Waals surface area (Å²) < 4.78 is 5.29. The van der Waals surface area contributed by atoms with E-state index in [0.29, 0.717) is 37.9 Å². The molecule has 1 aromatic rings. The van der Waals surface area contributed by atoms with E-state index in [-0.39, 0.29) is 24.3 Å². The molecule has 1 aromatic carbocycles. The second-order valence-corrected chi connectivity index (χ2v) is 6.43. The number of carbonyl (C=O) groups is 2. The normalized spacial score (nSPS) is 21.5. The zero-order valence-corrected chi connectivity index (χ0v) is 13.8. The van der Waals surface area contributed by atoms with E-state index in [1.165, 1.54) is 0 Å². The van der Waals surface area contributed by atoms with Crippen LogP contribution in [0.2, 0.25) is 5.02 Å². The minimum Gasteiger partial charge on any atom is -0.378 e. The quantitative estimate of drug-likeness (QED) is 0.844. The Kier molecular flexibility index (Phi) is 5.18. The van der Waals surface area contributed by atoms with Crippen molar-refractivity contribution >= 4 is 23.4 Å². The number of hydrogen-bond acceptors (Lipinski definition) is 3. The van der Waals surface area contributed by atoms with Crippen molar-refractivity contribution in [3.05, 3.63) is 34.9 Å². The molecule has 0 unspecified atom stereocenters. The van der Waals surface area contributed by atoms with E-state index >= 15 is 0 Å². The summed E-state index contributed by atoms with van der Waals surface area (Å²) in [6.45, 7) is 3.04. The molecule has 2 amide bonds.